The second-order valence-electron chi connectivity index (χ2n) is 6.04. The molecule has 0 bridgehead atoms. The predicted molar refractivity (Wildman–Crippen MR) is 100 cm³/mol. The highest BCUT2D eigenvalue weighted by atomic mass is 16.5. The molecular weight excluding hydrogens is 346 g/mol. The fraction of sp³-hybridized carbons (Fsp3) is 0.150. The van der Waals surface area contributed by atoms with Gasteiger partial charge in [-0.1, -0.05) is 36.4 Å². The number of aromatic amines is 1. The number of esters is 1. The topological polar surface area (TPSA) is 86.2 Å². The van der Waals surface area contributed by atoms with E-state index in [1.165, 1.54) is 7.11 Å². The maximum atomic E-state index is 12.0. The van der Waals surface area contributed by atoms with Crippen molar-refractivity contribution in [2.24, 2.45) is 0 Å². The molecule has 0 amide bonds. The molecule has 0 aliphatic carbocycles. The fourth-order valence-electron chi connectivity index (χ4n) is 3.06. The van der Waals surface area contributed by atoms with Gasteiger partial charge in [0.2, 0.25) is 0 Å². The maximum absolute atomic E-state index is 12.0. The number of benzene rings is 2. The monoisotopic (exact) mass is 363 g/mol. The standard InChI is InChI=1S/C20H17N3O4/c1-26-20(25)16-12-23(11-15-18(16)21-22-19(15)24)9-10-27-17-8-4-6-13-5-2-3-7-14(13)17/h2-8,11-12H,9-10H2,1H3,(H,22,24). The van der Waals surface area contributed by atoms with Crippen LogP contribution < -0.4 is 10.3 Å². The Morgan fingerprint density at radius 2 is 1.96 bits per heavy atom. The zero-order chi connectivity index (χ0) is 18.8. The van der Waals surface area contributed by atoms with E-state index in [4.69, 9.17) is 9.47 Å². The van der Waals surface area contributed by atoms with E-state index in [9.17, 15) is 9.59 Å². The highest BCUT2D eigenvalue weighted by Crippen LogP contribution is 2.25. The molecule has 2 aliphatic heterocycles. The first kappa shape index (κ1) is 16.8. The number of aromatic nitrogens is 3. The number of nitrogens with zero attached hydrogens (tertiary/aromatic N) is 2. The molecule has 0 radical (unpaired) electrons. The van der Waals surface area contributed by atoms with E-state index in [0.29, 0.717) is 24.4 Å². The number of hydrogen-bond acceptors (Lipinski definition) is 5. The van der Waals surface area contributed by atoms with Gasteiger partial charge in [-0.2, -0.15) is 5.10 Å². The van der Waals surface area contributed by atoms with Crippen LogP contribution in [-0.2, 0) is 11.3 Å². The molecule has 2 heterocycles. The number of carbonyl (C=O) groups is 1. The number of H-pyrrole nitrogens is 1. The lowest BCUT2D eigenvalue weighted by Crippen LogP contribution is -2.15. The van der Waals surface area contributed by atoms with Crippen LogP contribution in [0.4, 0.5) is 0 Å². The summed E-state index contributed by atoms with van der Waals surface area (Å²) in [4.78, 5) is 23.9. The number of methoxy groups -OCH3 is 1. The molecule has 27 heavy (non-hydrogen) atoms. The zero-order valence-corrected chi connectivity index (χ0v) is 14.6. The first-order valence-corrected chi connectivity index (χ1v) is 8.44. The van der Waals surface area contributed by atoms with E-state index in [0.717, 1.165) is 16.5 Å². The Labute approximate surface area is 154 Å². The summed E-state index contributed by atoms with van der Waals surface area (Å²) in [6.45, 7) is 0.824. The van der Waals surface area contributed by atoms with Gasteiger partial charge in [-0.15, -0.1) is 0 Å². The van der Waals surface area contributed by atoms with Crippen LogP contribution in [-0.4, -0.2) is 34.5 Å². The quantitative estimate of drug-likeness (QED) is 0.551. The third-order valence-electron chi connectivity index (χ3n) is 4.38. The van der Waals surface area contributed by atoms with Crippen LogP contribution in [0.15, 0.2) is 59.7 Å². The fourth-order valence-corrected chi connectivity index (χ4v) is 3.06. The van der Waals surface area contributed by atoms with E-state index in [-0.39, 0.29) is 11.1 Å². The van der Waals surface area contributed by atoms with Crippen LogP contribution in [0.2, 0.25) is 0 Å². The van der Waals surface area contributed by atoms with Crippen molar-refractivity contribution in [2.45, 2.75) is 6.54 Å². The Bertz CT molecular complexity index is 1140. The summed E-state index contributed by atoms with van der Waals surface area (Å²) in [6.07, 6.45) is 3.26. The second-order valence-corrected chi connectivity index (χ2v) is 6.04. The highest BCUT2D eigenvalue weighted by Gasteiger charge is 2.21. The van der Waals surface area contributed by atoms with E-state index in [1.807, 2.05) is 42.5 Å². The summed E-state index contributed by atoms with van der Waals surface area (Å²) in [5.74, 6) is 0.242. The van der Waals surface area contributed by atoms with Crippen molar-refractivity contribution in [3.8, 4) is 17.0 Å². The molecule has 7 nitrogen and oxygen atoms in total. The lowest BCUT2D eigenvalue weighted by molar-refractivity contribution is 0.0600. The molecule has 4 rings (SSSR count). The Morgan fingerprint density at radius 3 is 2.81 bits per heavy atom. The van der Waals surface area contributed by atoms with Gasteiger partial charge < -0.3 is 14.0 Å². The average Bonchev–Trinajstić information content (AvgIpc) is 3.08. The molecule has 0 spiro atoms. The minimum Gasteiger partial charge on any atom is -0.491 e. The number of ether oxygens (including phenoxy) is 2. The largest absolute Gasteiger partial charge is 0.491 e. The van der Waals surface area contributed by atoms with Crippen molar-refractivity contribution >= 4 is 16.7 Å². The first-order valence-electron chi connectivity index (χ1n) is 8.44. The van der Waals surface area contributed by atoms with Gasteiger partial charge in [0.1, 0.15) is 23.6 Å². The molecule has 2 aliphatic rings. The molecular formula is C20H17N3O4. The Kier molecular flexibility index (Phi) is 4.33. The summed E-state index contributed by atoms with van der Waals surface area (Å²) in [5, 5.41) is 8.41. The molecule has 2 aromatic rings. The maximum Gasteiger partial charge on any atom is 0.341 e. The highest BCUT2D eigenvalue weighted by molar-refractivity contribution is 5.96. The number of nitrogens with one attached hydrogen (secondary N) is 1. The van der Waals surface area contributed by atoms with Gasteiger partial charge in [0.05, 0.1) is 19.2 Å². The SMILES string of the molecule is COC(=O)c1cn(CCOc2cccc3ccccc23)cc2c(=O)[nH]nc1-2. The van der Waals surface area contributed by atoms with Crippen LogP contribution >= 0.6 is 0 Å². The van der Waals surface area contributed by atoms with Crippen LogP contribution in [0, 0.1) is 0 Å². The third-order valence-corrected chi connectivity index (χ3v) is 4.38. The van der Waals surface area contributed by atoms with Gasteiger partial charge in [0, 0.05) is 17.8 Å². The zero-order valence-electron chi connectivity index (χ0n) is 14.6. The Balaban J connectivity index is 1.58. The summed E-state index contributed by atoms with van der Waals surface area (Å²) in [5.41, 5.74) is 0.527. The number of carbonyl (C=O) groups excluding carboxylic acids is 1. The number of rotatable bonds is 5. The molecule has 2 aromatic carbocycles. The number of hydrogen-bond donors (Lipinski definition) is 1. The van der Waals surface area contributed by atoms with Gasteiger partial charge in [-0.3, -0.25) is 4.79 Å². The van der Waals surface area contributed by atoms with E-state index >= 15 is 0 Å². The molecule has 0 saturated heterocycles. The van der Waals surface area contributed by atoms with Gasteiger partial charge in [0.25, 0.3) is 5.56 Å². The third kappa shape index (κ3) is 3.15. The van der Waals surface area contributed by atoms with Crippen molar-refractivity contribution in [3.63, 3.8) is 0 Å². The molecule has 0 atom stereocenters. The van der Waals surface area contributed by atoms with Crippen molar-refractivity contribution in [1.82, 2.24) is 14.8 Å². The summed E-state index contributed by atoms with van der Waals surface area (Å²) in [7, 11) is 1.29. The van der Waals surface area contributed by atoms with Crippen LogP contribution in [0.5, 0.6) is 5.75 Å². The van der Waals surface area contributed by atoms with E-state index in [2.05, 4.69) is 10.2 Å². The number of pyridine rings is 1. The summed E-state index contributed by atoms with van der Waals surface area (Å²) in [6, 6.07) is 13.9. The lowest BCUT2D eigenvalue weighted by Gasteiger charge is -2.13. The minimum atomic E-state index is -0.546. The average molecular weight is 363 g/mol. The molecule has 136 valence electrons. The smallest absolute Gasteiger partial charge is 0.341 e. The van der Waals surface area contributed by atoms with Gasteiger partial charge in [0.15, 0.2) is 0 Å². The van der Waals surface area contributed by atoms with Crippen molar-refractivity contribution in [1.29, 1.82) is 0 Å². The van der Waals surface area contributed by atoms with Gasteiger partial charge in [-0.05, 0) is 11.5 Å². The molecule has 0 aromatic heterocycles. The van der Waals surface area contributed by atoms with E-state index < -0.39 is 5.97 Å². The van der Waals surface area contributed by atoms with Crippen LogP contribution in [0.1, 0.15) is 10.4 Å². The van der Waals surface area contributed by atoms with Gasteiger partial charge >= 0.3 is 5.97 Å². The van der Waals surface area contributed by atoms with Gasteiger partial charge in [-0.25, -0.2) is 9.89 Å². The molecule has 0 fully saturated rings. The summed E-state index contributed by atoms with van der Waals surface area (Å²) < 4.78 is 12.5. The number of fused-ring (bicyclic) bond motifs is 2. The normalized spacial score (nSPS) is 11.0. The van der Waals surface area contributed by atoms with Crippen molar-refractivity contribution in [3.05, 3.63) is 70.8 Å². The van der Waals surface area contributed by atoms with E-state index in [1.54, 1.807) is 17.0 Å². The molecule has 7 heteroatoms. The Hall–Kier alpha value is -3.61. The van der Waals surface area contributed by atoms with Crippen LogP contribution in [0.3, 0.4) is 0 Å². The lowest BCUT2D eigenvalue weighted by atomic mass is 10.1. The second kappa shape index (κ2) is 6.95. The van der Waals surface area contributed by atoms with Crippen LogP contribution in [0.25, 0.3) is 22.0 Å². The molecule has 1 N–H and O–H groups in total. The minimum absolute atomic E-state index is 0.235. The Morgan fingerprint density at radius 1 is 1.15 bits per heavy atom. The molecule has 0 unspecified atom stereocenters. The first-order chi connectivity index (χ1) is 13.2. The summed E-state index contributed by atoms with van der Waals surface area (Å²) >= 11 is 0. The molecule has 0 saturated carbocycles. The predicted octanol–water partition coefficient (Wildman–Crippen LogP) is 2.70. The van der Waals surface area contributed by atoms with Crippen molar-refractivity contribution < 1.29 is 14.3 Å². The van der Waals surface area contributed by atoms with Crippen molar-refractivity contribution in [2.75, 3.05) is 13.7 Å².